The van der Waals surface area contributed by atoms with Crippen LogP contribution in [0.25, 0.3) is 0 Å². The highest BCUT2D eigenvalue weighted by Crippen LogP contribution is 2.38. The molecule has 1 fully saturated rings. The Morgan fingerprint density at radius 1 is 1.13 bits per heavy atom. The molecule has 0 aromatic heterocycles. The van der Waals surface area contributed by atoms with Crippen LogP contribution < -0.4 is 15.5 Å². The van der Waals surface area contributed by atoms with Crippen LogP contribution in [0.4, 0.5) is 16.2 Å². The van der Waals surface area contributed by atoms with Gasteiger partial charge in [-0.05, 0) is 48.9 Å². The van der Waals surface area contributed by atoms with Crippen LogP contribution in [0, 0.1) is 18.8 Å². The van der Waals surface area contributed by atoms with Gasteiger partial charge in [-0.25, -0.2) is 4.79 Å². The zero-order chi connectivity index (χ0) is 22.0. The van der Waals surface area contributed by atoms with Crippen molar-refractivity contribution in [3.8, 4) is 0 Å². The van der Waals surface area contributed by atoms with E-state index in [1.807, 2.05) is 23.1 Å². The Morgan fingerprint density at radius 2 is 1.90 bits per heavy atom. The van der Waals surface area contributed by atoms with Crippen LogP contribution in [0.5, 0.6) is 0 Å². The molecule has 1 saturated carbocycles. The lowest BCUT2D eigenvalue weighted by Crippen LogP contribution is -2.45. The smallest absolute Gasteiger partial charge is 0.319 e. The molecule has 164 valence electrons. The second-order valence-electron chi connectivity index (χ2n) is 8.91. The Labute approximate surface area is 189 Å². The fraction of sp³-hybridized carbons (Fsp3) is 0.440. The molecule has 2 aromatic rings. The number of amides is 3. The summed E-state index contributed by atoms with van der Waals surface area (Å²) in [5, 5.41) is 6.14. The van der Waals surface area contributed by atoms with Gasteiger partial charge < -0.3 is 15.5 Å². The van der Waals surface area contributed by atoms with Crippen molar-refractivity contribution in [3.05, 3.63) is 53.6 Å². The van der Waals surface area contributed by atoms with Gasteiger partial charge in [0.1, 0.15) is 0 Å². The first kappa shape index (κ1) is 21.8. The van der Waals surface area contributed by atoms with Gasteiger partial charge in [0.15, 0.2) is 0 Å². The molecule has 2 aromatic carbocycles. The molecule has 5 nitrogen and oxygen atoms in total. The van der Waals surface area contributed by atoms with Crippen LogP contribution in [0.15, 0.2) is 47.4 Å². The number of hydrogen-bond donors (Lipinski definition) is 2. The zero-order valence-corrected chi connectivity index (χ0v) is 19.3. The second-order valence-corrected chi connectivity index (χ2v) is 9.93. The number of thioether (sulfide) groups is 1. The number of anilines is 2. The van der Waals surface area contributed by atoms with Crippen LogP contribution in [0.2, 0.25) is 0 Å². The maximum Gasteiger partial charge on any atom is 0.319 e. The standard InChI is InChI=1S/C25H31N3O2S/c1-16-7-9-19(10-8-16)14-28-22-13-20(11-12-23(22)31-15-24(28)29)26-25(30)27-21-6-4-5-17(2)18(21)3/h7-13,17-18,21H,4-6,14-15H2,1-3H3,(H2,26,27,30)/t17-,18-,21-/m1/s1. The number of benzene rings is 2. The minimum absolute atomic E-state index is 0.0877. The summed E-state index contributed by atoms with van der Waals surface area (Å²) in [6.07, 6.45) is 3.41. The van der Waals surface area contributed by atoms with Crippen molar-refractivity contribution in [2.45, 2.75) is 57.5 Å². The highest BCUT2D eigenvalue weighted by molar-refractivity contribution is 8.00. The number of nitrogens with zero attached hydrogens (tertiary/aromatic N) is 1. The molecule has 1 heterocycles. The average Bonchev–Trinajstić information content (AvgIpc) is 2.75. The molecule has 6 heteroatoms. The summed E-state index contributed by atoms with van der Waals surface area (Å²) in [5.74, 6) is 1.62. The molecule has 1 aliphatic carbocycles. The van der Waals surface area contributed by atoms with Crippen LogP contribution >= 0.6 is 11.8 Å². The molecule has 0 radical (unpaired) electrons. The average molecular weight is 438 g/mol. The largest absolute Gasteiger partial charge is 0.335 e. The van der Waals surface area contributed by atoms with Crippen molar-refractivity contribution >= 4 is 35.1 Å². The molecular weight excluding hydrogens is 406 g/mol. The lowest BCUT2D eigenvalue weighted by molar-refractivity contribution is -0.116. The van der Waals surface area contributed by atoms with Gasteiger partial charge in [-0.15, -0.1) is 11.8 Å². The molecule has 2 aliphatic rings. The Morgan fingerprint density at radius 3 is 2.68 bits per heavy atom. The van der Waals surface area contributed by atoms with E-state index >= 15 is 0 Å². The van der Waals surface area contributed by atoms with Gasteiger partial charge in [-0.2, -0.15) is 0 Å². The fourth-order valence-corrected chi connectivity index (χ4v) is 5.37. The number of carbonyl (C=O) groups is 2. The molecule has 2 N–H and O–H groups in total. The molecule has 0 bridgehead atoms. The molecule has 0 spiro atoms. The first-order valence-corrected chi connectivity index (χ1v) is 12.1. The molecule has 3 amide bonds. The zero-order valence-electron chi connectivity index (χ0n) is 18.5. The minimum Gasteiger partial charge on any atom is -0.335 e. The van der Waals surface area contributed by atoms with Crippen molar-refractivity contribution in [3.63, 3.8) is 0 Å². The summed E-state index contributed by atoms with van der Waals surface area (Å²) >= 11 is 1.55. The lowest BCUT2D eigenvalue weighted by Gasteiger charge is -2.34. The van der Waals surface area contributed by atoms with Gasteiger partial charge >= 0.3 is 6.03 Å². The Bertz CT molecular complexity index is 960. The normalized spacial score (nSPS) is 23.3. The molecule has 0 unspecified atom stereocenters. The van der Waals surface area contributed by atoms with E-state index in [9.17, 15) is 9.59 Å². The van der Waals surface area contributed by atoms with Gasteiger partial charge in [0.05, 0.1) is 18.0 Å². The number of fused-ring (bicyclic) bond motifs is 1. The summed E-state index contributed by atoms with van der Waals surface area (Å²) < 4.78 is 0. The third-order valence-electron chi connectivity index (χ3n) is 6.64. The number of rotatable bonds is 4. The van der Waals surface area contributed by atoms with Crippen molar-refractivity contribution in [1.29, 1.82) is 0 Å². The van der Waals surface area contributed by atoms with Crippen LogP contribution in [0.3, 0.4) is 0 Å². The second kappa shape index (κ2) is 9.35. The van der Waals surface area contributed by atoms with Gasteiger partial charge in [-0.1, -0.05) is 56.5 Å². The van der Waals surface area contributed by atoms with E-state index in [2.05, 4.69) is 55.7 Å². The van der Waals surface area contributed by atoms with Gasteiger partial charge in [0.2, 0.25) is 5.91 Å². The maximum absolute atomic E-state index is 12.7. The Balaban J connectivity index is 1.48. The predicted octanol–water partition coefficient (Wildman–Crippen LogP) is 5.58. The summed E-state index contributed by atoms with van der Waals surface area (Å²) in [6.45, 7) is 7.07. The summed E-state index contributed by atoms with van der Waals surface area (Å²) in [7, 11) is 0. The van der Waals surface area contributed by atoms with Gasteiger partial charge in [0, 0.05) is 16.6 Å². The number of nitrogens with one attached hydrogen (secondary N) is 2. The van der Waals surface area contributed by atoms with E-state index in [-0.39, 0.29) is 18.0 Å². The highest BCUT2D eigenvalue weighted by atomic mass is 32.2. The SMILES string of the molecule is Cc1ccc(CN2C(=O)CSc3ccc(NC(=O)N[C@@H]4CCC[C@@H](C)[C@H]4C)cc32)cc1. The van der Waals surface area contributed by atoms with Crippen LogP contribution in [-0.2, 0) is 11.3 Å². The maximum atomic E-state index is 12.7. The van der Waals surface area contributed by atoms with E-state index < -0.39 is 0 Å². The number of urea groups is 1. The Kier molecular flexibility index (Phi) is 6.56. The van der Waals surface area contributed by atoms with Gasteiger partial charge in [0.25, 0.3) is 0 Å². The lowest BCUT2D eigenvalue weighted by atomic mass is 9.78. The molecule has 0 saturated heterocycles. The Hall–Kier alpha value is -2.47. The van der Waals surface area contributed by atoms with Crippen LogP contribution in [-0.4, -0.2) is 23.7 Å². The monoisotopic (exact) mass is 437 g/mol. The van der Waals surface area contributed by atoms with Crippen LogP contribution in [0.1, 0.15) is 44.2 Å². The summed E-state index contributed by atoms with van der Waals surface area (Å²) in [6, 6.07) is 14.1. The molecule has 3 atom stereocenters. The molecule has 4 rings (SSSR count). The first-order chi connectivity index (χ1) is 14.9. The highest BCUT2D eigenvalue weighted by Gasteiger charge is 2.29. The topological polar surface area (TPSA) is 61.4 Å². The van der Waals surface area contributed by atoms with Crippen molar-refractivity contribution in [1.82, 2.24) is 5.32 Å². The summed E-state index contributed by atoms with van der Waals surface area (Å²) in [5.41, 5.74) is 3.86. The molecular formula is C25H31N3O2S. The molecule has 31 heavy (non-hydrogen) atoms. The van der Waals surface area contributed by atoms with Gasteiger partial charge in [-0.3, -0.25) is 4.79 Å². The minimum atomic E-state index is -0.175. The number of hydrogen-bond acceptors (Lipinski definition) is 3. The van der Waals surface area contributed by atoms with E-state index in [1.165, 1.54) is 12.0 Å². The third kappa shape index (κ3) is 5.06. The van der Waals surface area contributed by atoms with E-state index in [4.69, 9.17) is 0 Å². The fourth-order valence-electron chi connectivity index (χ4n) is 4.45. The predicted molar refractivity (Wildman–Crippen MR) is 128 cm³/mol. The van der Waals surface area contributed by atoms with E-state index in [0.29, 0.717) is 29.8 Å². The van der Waals surface area contributed by atoms with E-state index in [1.54, 1.807) is 11.8 Å². The van der Waals surface area contributed by atoms with Crippen molar-refractivity contribution < 1.29 is 9.59 Å². The van der Waals surface area contributed by atoms with Crippen molar-refractivity contribution in [2.75, 3.05) is 16.0 Å². The van der Waals surface area contributed by atoms with E-state index in [0.717, 1.165) is 29.0 Å². The number of aryl methyl sites for hydroxylation is 1. The quantitative estimate of drug-likeness (QED) is 0.656. The molecule has 1 aliphatic heterocycles. The number of carbonyl (C=O) groups excluding carboxylic acids is 2. The third-order valence-corrected chi connectivity index (χ3v) is 7.69. The first-order valence-electron chi connectivity index (χ1n) is 11.1. The summed E-state index contributed by atoms with van der Waals surface area (Å²) in [4.78, 5) is 28.2. The van der Waals surface area contributed by atoms with Crippen molar-refractivity contribution in [2.24, 2.45) is 11.8 Å².